The fourth-order valence-corrected chi connectivity index (χ4v) is 1.32. The molecule has 0 spiro atoms. The zero-order valence-corrected chi connectivity index (χ0v) is 8.51. The Balaban J connectivity index is 2.48. The molecule has 0 bridgehead atoms. The summed E-state index contributed by atoms with van der Waals surface area (Å²) in [5, 5.41) is 4.17. The largest absolute Gasteiger partial charge is 0.294 e. The van der Waals surface area contributed by atoms with Crippen molar-refractivity contribution in [3.8, 4) is 5.95 Å². The normalized spacial score (nSPS) is 10.3. The fraction of sp³-hybridized carbons (Fsp3) is 0.200. The van der Waals surface area contributed by atoms with Crippen LogP contribution in [0.2, 0.25) is 0 Å². The van der Waals surface area contributed by atoms with Crippen LogP contribution in [-0.4, -0.2) is 25.5 Å². The molecule has 2 heterocycles. The molecule has 0 radical (unpaired) electrons. The Morgan fingerprint density at radius 2 is 2.00 bits per heavy atom. The first-order chi connectivity index (χ1) is 7.18. The molecule has 0 aliphatic rings. The Hall–Kier alpha value is -2.04. The number of hydrogen-bond donors (Lipinski definition) is 0. The molecule has 76 valence electrons. The molecule has 0 aliphatic heterocycles. The topological polar surface area (TPSA) is 60.7 Å². The number of nitrogens with zero attached hydrogens (tertiary/aromatic N) is 4. The SMILES string of the molecule is CC(=O)c1cn(-c2ncccn2)nc1C. The average molecular weight is 202 g/mol. The van der Waals surface area contributed by atoms with Crippen LogP contribution in [0.1, 0.15) is 23.0 Å². The molecular formula is C10H10N4O. The summed E-state index contributed by atoms with van der Waals surface area (Å²) >= 11 is 0. The maximum atomic E-state index is 11.2. The molecule has 2 rings (SSSR count). The third-order valence-electron chi connectivity index (χ3n) is 2.04. The van der Waals surface area contributed by atoms with Crippen molar-refractivity contribution < 1.29 is 4.79 Å². The summed E-state index contributed by atoms with van der Waals surface area (Å²) < 4.78 is 1.51. The number of Topliss-reactive ketones (excluding diaryl/α,β-unsaturated/α-hetero) is 1. The molecule has 0 aliphatic carbocycles. The van der Waals surface area contributed by atoms with Crippen molar-refractivity contribution in [2.75, 3.05) is 0 Å². The lowest BCUT2D eigenvalue weighted by molar-refractivity contribution is 0.101. The molecule has 0 atom stereocenters. The van der Waals surface area contributed by atoms with Crippen LogP contribution in [0.15, 0.2) is 24.7 Å². The monoisotopic (exact) mass is 202 g/mol. The molecular weight excluding hydrogens is 192 g/mol. The number of carbonyl (C=O) groups excluding carboxylic acids is 1. The molecule has 0 saturated heterocycles. The van der Waals surface area contributed by atoms with Crippen molar-refractivity contribution in [3.63, 3.8) is 0 Å². The summed E-state index contributed by atoms with van der Waals surface area (Å²) in [6.45, 7) is 3.30. The second kappa shape index (κ2) is 3.61. The van der Waals surface area contributed by atoms with Crippen molar-refractivity contribution >= 4 is 5.78 Å². The van der Waals surface area contributed by atoms with Gasteiger partial charge in [-0.3, -0.25) is 4.79 Å². The number of carbonyl (C=O) groups is 1. The Morgan fingerprint density at radius 3 is 2.53 bits per heavy atom. The predicted octanol–water partition coefficient (Wildman–Crippen LogP) is 1.17. The van der Waals surface area contributed by atoms with Gasteiger partial charge in [0.25, 0.3) is 0 Å². The quantitative estimate of drug-likeness (QED) is 0.686. The molecule has 2 aromatic heterocycles. The van der Waals surface area contributed by atoms with E-state index in [0.29, 0.717) is 17.2 Å². The van der Waals surface area contributed by atoms with E-state index in [4.69, 9.17) is 0 Å². The molecule has 15 heavy (non-hydrogen) atoms. The molecule has 0 fully saturated rings. The lowest BCUT2D eigenvalue weighted by Crippen LogP contribution is -2.00. The molecule has 2 aromatic rings. The van der Waals surface area contributed by atoms with Crippen LogP contribution in [0.5, 0.6) is 0 Å². The van der Waals surface area contributed by atoms with E-state index in [9.17, 15) is 4.79 Å². The van der Waals surface area contributed by atoms with E-state index in [0.717, 1.165) is 0 Å². The first kappa shape index (κ1) is 9.51. The number of ketones is 1. The van der Waals surface area contributed by atoms with E-state index >= 15 is 0 Å². The van der Waals surface area contributed by atoms with Crippen molar-refractivity contribution in [1.82, 2.24) is 19.7 Å². The average Bonchev–Trinajstić information content (AvgIpc) is 2.62. The lowest BCUT2D eigenvalue weighted by Gasteiger charge is -1.95. The van der Waals surface area contributed by atoms with Crippen molar-refractivity contribution in [3.05, 3.63) is 35.9 Å². The highest BCUT2D eigenvalue weighted by Crippen LogP contribution is 2.08. The van der Waals surface area contributed by atoms with Gasteiger partial charge in [-0.2, -0.15) is 5.10 Å². The van der Waals surface area contributed by atoms with Crippen molar-refractivity contribution in [2.45, 2.75) is 13.8 Å². The number of aromatic nitrogens is 4. The van der Waals surface area contributed by atoms with E-state index in [2.05, 4.69) is 15.1 Å². The van der Waals surface area contributed by atoms with Crippen LogP contribution < -0.4 is 0 Å². The van der Waals surface area contributed by atoms with Crippen LogP contribution in [0.4, 0.5) is 0 Å². The smallest absolute Gasteiger partial charge is 0.250 e. The minimum Gasteiger partial charge on any atom is -0.294 e. The Bertz CT molecular complexity index is 489. The predicted molar refractivity (Wildman–Crippen MR) is 53.9 cm³/mol. The standard InChI is InChI=1S/C10H10N4O/c1-7-9(8(2)15)6-14(13-7)10-11-4-3-5-12-10/h3-6H,1-2H3. The van der Waals surface area contributed by atoms with E-state index in [1.807, 2.05) is 0 Å². The molecule has 0 N–H and O–H groups in total. The Kier molecular flexibility index (Phi) is 2.29. The molecule has 0 amide bonds. The Labute approximate surface area is 86.8 Å². The maximum absolute atomic E-state index is 11.2. The Morgan fingerprint density at radius 1 is 1.33 bits per heavy atom. The second-order valence-corrected chi connectivity index (χ2v) is 3.18. The van der Waals surface area contributed by atoms with Crippen LogP contribution in [0.3, 0.4) is 0 Å². The highest BCUT2D eigenvalue weighted by molar-refractivity contribution is 5.94. The highest BCUT2D eigenvalue weighted by Gasteiger charge is 2.10. The van der Waals surface area contributed by atoms with E-state index in [-0.39, 0.29) is 5.78 Å². The molecule has 0 aromatic carbocycles. The highest BCUT2D eigenvalue weighted by atomic mass is 16.1. The van der Waals surface area contributed by atoms with E-state index < -0.39 is 0 Å². The van der Waals surface area contributed by atoms with Gasteiger partial charge in [0.15, 0.2) is 5.78 Å². The van der Waals surface area contributed by atoms with Gasteiger partial charge in [-0.25, -0.2) is 14.6 Å². The number of rotatable bonds is 2. The van der Waals surface area contributed by atoms with Gasteiger partial charge < -0.3 is 0 Å². The van der Waals surface area contributed by atoms with Crippen LogP contribution in [0, 0.1) is 6.92 Å². The molecule has 5 nitrogen and oxygen atoms in total. The van der Waals surface area contributed by atoms with Crippen molar-refractivity contribution in [2.24, 2.45) is 0 Å². The summed E-state index contributed by atoms with van der Waals surface area (Å²) in [7, 11) is 0. The maximum Gasteiger partial charge on any atom is 0.250 e. The van der Waals surface area contributed by atoms with E-state index in [1.165, 1.54) is 11.6 Å². The number of hydrogen-bond acceptors (Lipinski definition) is 4. The van der Waals surface area contributed by atoms with Gasteiger partial charge in [-0.1, -0.05) is 0 Å². The van der Waals surface area contributed by atoms with Gasteiger partial charge in [-0.05, 0) is 19.9 Å². The summed E-state index contributed by atoms with van der Waals surface area (Å²) in [6, 6.07) is 1.73. The van der Waals surface area contributed by atoms with Gasteiger partial charge in [0, 0.05) is 18.6 Å². The van der Waals surface area contributed by atoms with Gasteiger partial charge in [0.05, 0.1) is 11.3 Å². The minimum atomic E-state index is -0.00492. The van der Waals surface area contributed by atoms with Gasteiger partial charge in [-0.15, -0.1) is 0 Å². The van der Waals surface area contributed by atoms with Crippen LogP contribution in [0.25, 0.3) is 5.95 Å². The summed E-state index contributed by atoms with van der Waals surface area (Å²) in [5.74, 6) is 0.461. The second-order valence-electron chi connectivity index (χ2n) is 3.18. The fourth-order valence-electron chi connectivity index (χ4n) is 1.32. The summed E-state index contributed by atoms with van der Waals surface area (Å²) in [6.07, 6.45) is 4.91. The first-order valence-electron chi connectivity index (χ1n) is 4.53. The third-order valence-corrected chi connectivity index (χ3v) is 2.04. The lowest BCUT2D eigenvalue weighted by atomic mass is 10.2. The van der Waals surface area contributed by atoms with Gasteiger partial charge in [0.1, 0.15) is 0 Å². The molecule has 0 saturated carbocycles. The third kappa shape index (κ3) is 1.76. The van der Waals surface area contributed by atoms with E-state index in [1.54, 1.807) is 31.6 Å². The minimum absolute atomic E-state index is 0.00492. The summed E-state index contributed by atoms with van der Waals surface area (Å²) in [5.41, 5.74) is 1.29. The first-order valence-corrected chi connectivity index (χ1v) is 4.53. The van der Waals surface area contributed by atoms with Crippen LogP contribution in [-0.2, 0) is 0 Å². The van der Waals surface area contributed by atoms with Gasteiger partial charge in [0.2, 0.25) is 5.95 Å². The zero-order valence-electron chi connectivity index (χ0n) is 8.51. The zero-order chi connectivity index (χ0) is 10.8. The number of aryl methyl sites for hydroxylation is 1. The molecule has 5 heteroatoms. The summed E-state index contributed by atoms with van der Waals surface area (Å²) in [4.78, 5) is 19.3. The van der Waals surface area contributed by atoms with Crippen molar-refractivity contribution in [1.29, 1.82) is 0 Å². The molecule has 0 unspecified atom stereocenters. The van der Waals surface area contributed by atoms with Crippen LogP contribution >= 0.6 is 0 Å². The van der Waals surface area contributed by atoms with Gasteiger partial charge >= 0.3 is 0 Å².